The van der Waals surface area contributed by atoms with E-state index in [1.807, 2.05) is 4.83 Å². The topological polar surface area (TPSA) is 101 Å². The molecule has 0 unspecified atom stereocenters. The maximum atomic E-state index is 10.5. The van der Waals surface area contributed by atoms with Crippen LogP contribution in [0.4, 0.5) is 11.4 Å². The van der Waals surface area contributed by atoms with Gasteiger partial charge >= 0.3 is 0 Å². The largest absolute Gasteiger partial charge is 0.302 e. The lowest BCUT2D eigenvalue weighted by Gasteiger charge is -2.02. The molecule has 0 heterocycles. The first kappa shape index (κ1) is 10.4. The zero-order valence-corrected chi connectivity index (χ0v) is 7.73. The molecule has 0 saturated carbocycles. The first-order valence-electron chi connectivity index (χ1n) is 3.50. The molecule has 0 fully saturated rings. The van der Waals surface area contributed by atoms with E-state index < -0.39 is 15.8 Å². The third-order valence-corrected chi connectivity index (χ3v) is 1.68. The van der Waals surface area contributed by atoms with Crippen molar-refractivity contribution in [2.24, 2.45) is 0 Å². The fraction of sp³-hybridized carbons (Fsp3) is 0. The zero-order chi connectivity index (χ0) is 10.6. The Labute approximate surface area is 80.9 Å². The predicted molar refractivity (Wildman–Crippen MR) is 50.2 cm³/mol. The molecule has 0 aliphatic carbocycles. The fourth-order valence-corrected chi connectivity index (χ4v) is 1.06. The van der Waals surface area contributed by atoms with Crippen LogP contribution < -0.4 is 10.3 Å². The predicted octanol–water partition coefficient (Wildman–Crippen LogP) is 0.0377. The van der Waals surface area contributed by atoms with Gasteiger partial charge in [-0.25, -0.2) is 8.42 Å². The van der Waals surface area contributed by atoms with Crippen LogP contribution in [0.3, 0.4) is 0 Å². The second kappa shape index (κ2) is 4.53. The molecule has 8 heteroatoms. The van der Waals surface area contributed by atoms with Crippen LogP contribution in [0, 0.1) is 10.1 Å². The summed E-state index contributed by atoms with van der Waals surface area (Å²) in [5.74, 6) is 0. The molecular formula is C6H7N3O4S. The van der Waals surface area contributed by atoms with E-state index in [4.69, 9.17) is 0 Å². The molecule has 0 aliphatic rings. The van der Waals surface area contributed by atoms with Crippen molar-refractivity contribution in [3.8, 4) is 0 Å². The highest BCUT2D eigenvalue weighted by Crippen LogP contribution is 2.21. The molecule has 0 amide bonds. The van der Waals surface area contributed by atoms with Gasteiger partial charge in [0.15, 0.2) is 0 Å². The number of thiol groups is 1. The Morgan fingerprint density at radius 2 is 1.93 bits per heavy atom. The van der Waals surface area contributed by atoms with E-state index in [0.717, 1.165) is 0 Å². The van der Waals surface area contributed by atoms with Crippen LogP contribution in [0.2, 0.25) is 0 Å². The quantitative estimate of drug-likeness (QED) is 0.375. The van der Waals surface area contributed by atoms with Gasteiger partial charge in [0, 0.05) is 6.07 Å². The Kier molecular flexibility index (Phi) is 3.37. The van der Waals surface area contributed by atoms with Crippen LogP contribution in [0.25, 0.3) is 0 Å². The zero-order valence-electron chi connectivity index (χ0n) is 6.84. The van der Waals surface area contributed by atoms with Crippen molar-refractivity contribution in [2.45, 2.75) is 0 Å². The van der Waals surface area contributed by atoms with Crippen LogP contribution in [0.1, 0.15) is 0 Å². The van der Waals surface area contributed by atoms with E-state index in [-0.39, 0.29) is 11.4 Å². The van der Waals surface area contributed by atoms with Gasteiger partial charge < -0.3 is 5.43 Å². The Bertz CT molecular complexity index is 409. The summed E-state index contributed by atoms with van der Waals surface area (Å²) in [6, 6.07) is 5.70. The number of para-hydroxylation sites is 2. The maximum absolute atomic E-state index is 10.5. The lowest BCUT2D eigenvalue weighted by molar-refractivity contribution is -0.384. The summed E-state index contributed by atoms with van der Waals surface area (Å²) in [6.07, 6.45) is 0. The standard InChI is InChI=1S/C6H7N3O4S/c10-9(11)6-4-2-1-3-5(6)7-8-14(12)13/h1-4,7,14H,(H,8,12,13). The summed E-state index contributed by atoms with van der Waals surface area (Å²) in [6.45, 7) is 0. The van der Waals surface area contributed by atoms with E-state index >= 15 is 0 Å². The highest BCUT2D eigenvalue weighted by molar-refractivity contribution is 7.70. The number of benzene rings is 1. The van der Waals surface area contributed by atoms with Crippen molar-refractivity contribution in [2.75, 3.05) is 5.43 Å². The van der Waals surface area contributed by atoms with Gasteiger partial charge in [-0.1, -0.05) is 12.1 Å². The molecular weight excluding hydrogens is 210 g/mol. The third kappa shape index (κ3) is 2.68. The van der Waals surface area contributed by atoms with Gasteiger partial charge in [0.2, 0.25) is 10.9 Å². The number of nitro groups is 1. The molecule has 1 rings (SSSR count). The monoisotopic (exact) mass is 217 g/mol. The van der Waals surface area contributed by atoms with Gasteiger partial charge in [0.25, 0.3) is 5.69 Å². The molecule has 14 heavy (non-hydrogen) atoms. The van der Waals surface area contributed by atoms with E-state index in [0.29, 0.717) is 0 Å². The number of hydrogen-bond donors (Lipinski definition) is 3. The first-order chi connectivity index (χ1) is 6.61. The molecule has 0 radical (unpaired) electrons. The normalized spacial score (nSPS) is 10.1. The molecule has 0 saturated heterocycles. The molecule has 0 spiro atoms. The number of nitro benzene ring substituents is 1. The van der Waals surface area contributed by atoms with Gasteiger partial charge in [-0.15, -0.1) is 4.83 Å². The summed E-state index contributed by atoms with van der Waals surface area (Å²) in [5.41, 5.74) is 2.10. The number of hydrogen-bond acceptors (Lipinski definition) is 5. The number of hydrazine groups is 1. The minimum absolute atomic E-state index is 0.0942. The fourth-order valence-electron chi connectivity index (χ4n) is 0.844. The smallest absolute Gasteiger partial charge is 0.293 e. The van der Waals surface area contributed by atoms with Crippen molar-refractivity contribution in [3.63, 3.8) is 0 Å². The van der Waals surface area contributed by atoms with Crippen LogP contribution in [-0.2, 0) is 10.9 Å². The molecule has 2 N–H and O–H groups in total. The van der Waals surface area contributed by atoms with Gasteiger partial charge in [0.1, 0.15) is 5.69 Å². The number of nitrogens with one attached hydrogen (secondary N) is 2. The van der Waals surface area contributed by atoms with Gasteiger partial charge in [-0.2, -0.15) is 0 Å². The number of nitrogens with zero attached hydrogens (tertiary/aromatic N) is 1. The van der Waals surface area contributed by atoms with Crippen molar-refractivity contribution < 1.29 is 13.3 Å². The van der Waals surface area contributed by atoms with Crippen molar-refractivity contribution in [3.05, 3.63) is 34.4 Å². The van der Waals surface area contributed by atoms with E-state index in [9.17, 15) is 18.5 Å². The first-order valence-corrected chi connectivity index (χ1v) is 4.68. The lowest BCUT2D eigenvalue weighted by atomic mass is 10.3. The van der Waals surface area contributed by atoms with Crippen molar-refractivity contribution in [1.82, 2.24) is 4.83 Å². The lowest BCUT2D eigenvalue weighted by Crippen LogP contribution is -2.19. The third-order valence-electron chi connectivity index (χ3n) is 1.38. The summed E-state index contributed by atoms with van der Waals surface area (Å²) < 4.78 is 20.3. The highest BCUT2D eigenvalue weighted by Gasteiger charge is 2.11. The number of rotatable bonds is 4. The second-order valence-electron chi connectivity index (χ2n) is 2.27. The van der Waals surface area contributed by atoms with Gasteiger partial charge in [-0.3, -0.25) is 10.1 Å². The molecule has 0 aromatic heterocycles. The molecule has 7 nitrogen and oxygen atoms in total. The highest BCUT2D eigenvalue weighted by atomic mass is 32.2. The van der Waals surface area contributed by atoms with E-state index in [1.54, 1.807) is 6.07 Å². The molecule has 0 atom stereocenters. The maximum Gasteiger partial charge on any atom is 0.293 e. The molecule has 1 aromatic carbocycles. The summed E-state index contributed by atoms with van der Waals surface area (Å²) in [5, 5.41) is 10.5. The van der Waals surface area contributed by atoms with E-state index in [2.05, 4.69) is 5.43 Å². The SMILES string of the molecule is O=[N+]([O-])c1ccccc1NN[SH](=O)=O. The van der Waals surface area contributed by atoms with Crippen molar-refractivity contribution >= 4 is 22.3 Å². The number of anilines is 1. The minimum atomic E-state index is -2.84. The Hall–Kier alpha value is -1.67. The van der Waals surface area contributed by atoms with Crippen LogP contribution in [-0.4, -0.2) is 13.3 Å². The van der Waals surface area contributed by atoms with Crippen molar-refractivity contribution in [1.29, 1.82) is 0 Å². The summed E-state index contributed by atoms with van der Waals surface area (Å²) in [7, 11) is -2.84. The summed E-state index contributed by atoms with van der Waals surface area (Å²) >= 11 is 0. The Morgan fingerprint density at radius 1 is 1.29 bits per heavy atom. The summed E-state index contributed by atoms with van der Waals surface area (Å²) in [4.78, 5) is 11.7. The molecule has 1 aromatic rings. The van der Waals surface area contributed by atoms with E-state index in [1.165, 1.54) is 18.2 Å². The second-order valence-corrected chi connectivity index (χ2v) is 3.01. The average Bonchev–Trinajstić information content (AvgIpc) is 2.15. The Morgan fingerprint density at radius 3 is 2.50 bits per heavy atom. The van der Waals surface area contributed by atoms with Crippen LogP contribution in [0.15, 0.2) is 24.3 Å². The van der Waals surface area contributed by atoms with Crippen LogP contribution >= 0.6 is 0 Å². The molecule has 0 bridgehead atoms. The van der Waals surface area contributed by atoms with Gasteiger partial charge in [0.05, 0.1) is 4.92 Å². The molecule has 76 valence electrons. The van der Waals surface area contributed by atoms with Gasteiger partial charge in [-0.05, 0) is 6.07 Å². The minimum Gasteiger partial charge on any atom is -0.302 e. The molecule has 0 aliphatic heterocycles. The Balaban J connectivity index is 2.90. The van der Waals surface area contributed by atoms with Crippen LogP contribution in [0.5, 0.6) is 0 Å². The average molecular weight is 217 g/mol.